The molecule has 0 aliphatic rings. The van der Waals surface area contributed by atoms with E-state index in [0.29, 0.717) is 5.75 Å². The van der Waals surface area contributed by atoms with Crippen LogP contribution < -0.4 is 4.74 Å². The summed E-state index contributed by atoms with van der Waals surface area (Å²) in [5.74, 6) is -0.965. The summed E-state index contributed by atoms with van der Waals surface area (Å²) in [6, 6.07) is 5.52. The summed E-state index contributed by atoms with van der Waals surface area (Å²) in [5.41, 5.74) is 1.85. The van der Waals surface area contributed by atoms with Crippen molar-refractivity contribution in [1.29, 1.82) is 0 Å². The molecule has 0 aliphatic heterocycles. The molecule has 0 fully saturated rings. The number of hydrogen-bond donors (Lipinski definition) is 1. The smallest absolute Gasteiger partial charge is 0.330 e. The number of benzene rings is 1. The van der Waals surface area contributed by atoms with Crippen LogP contribution in [0.3, 0.4) is 0 Å². The molecule has 0 aliphatic carbocycles. The molecular weight excluding hydrogens is 244 g/mol. The molecule has 0 radical (unpaired) electrons. The first kappa shape index (κ1) is 15.2. The summed E-state index contributed by atoms with van der Waals surface area (Å²) in [6.45, 7) is 5.16. The zero-order valence-electron chi connectivity index (χ0n) is 11.8. The van der Waals surface area contributed by atoms with Gasteiger partial charge in [-0.1, -0.05) is 13.0 Å². The van der Waals surface area contributed by atoms with Gasteiger partial charge >= 0.3 is 5.97 Å². The molecule has 104 valence electrons. The second kappa shape index (κ2) is 6.38. The lowest BCUT2D eigenvalue weighted by Gasteiger charge is -2.21. The lowest BCUT2D eigenvalue weighted by Crippen LogP contribution is -2.27. The fraction of sp³-hybridized carbons (Fsp3) is 0.400. The predicted octanol–water partition coefficient (Wildman–Crippen LogP) is 2.54. The van der Waals surface area contributed by atoms with Crippen molar-refractivity contribution in [1.82, 2.24) is 0 Å². The van der Waals surface area contributed by atoms with Crippen LogP contribution in [-0.2, 0) is 16.0 Å². The van der Waals surface area contributed by atoms with E-state index < -0.39 is 11.8 Å². The SMILES string of the molecule is CCc1cc(/C=C\C(=O)OC)ccc1OC(C)(C)O. The Balaban J connectivity index is 2.96. The minimum Gasteiger partial charge on any atom is -0.466 e. The Hall–Kier alpha value is -1.81. The van der Waals surface area contributed by atoms with Gasteiger partial charge in [0, 0.05) is 19.9 Å². The third-order valence-corrected chi connectivity index (χ3v) is 2.44. The number of aryl methyl sites for hydroxylation is 1. The average molecular weight is 264 g/mol. The van der Waals surface area contributed by atoms with Crippen LogP contribution in [0.25, 0.3) is 6.08 Å². The molecule has 0 amide bonds. The Morgan fingerprint density at radius 1 is 1.42 bits per heavy atom. The predicted molar refractivity (Wildman–Crippen MR) is 73.8 cm³/mol. The van der Waals surface area contributed by atoms with Crippen LogP contribution >= 0.6 is 0 Å². The van der Waals surface area contributed by atoms with E-state index in [-0.39, 0.29) is 0 Å². The molecule has 0 atom stereocenters. The highest BCUT2D eigenvalue weighted by molar-refractivity contribution is 5.86. The zero-order chi connectivity index (χ0) is 14.5. The minimum atomic E-state index is -1.21. The van der Waals surface area contributed by atoms with Gasteiger partial charge in [-0.15, -0.1) is 0 Å². The van der Waals surface area contributed by atoms with Crippen molar-refractivity contribution in [2.45, 2.75) is 33.0 Å². The van der Waals surface area contributed by atoms with Crippen LogP contribution in [-0.4, -0.2) is 24.0 Å². The normalized spacial score (nSPS) is 11.6. The molecular formula is C15H20O4. The summed E-state index contributed by atoms with van der Waals surface area (Å²) in [6.07, 6.45) is 3.81. The van der Waals surface area contributed by atoms with Gasteiger partial charge in [0.25, 0.3) is 0 Å². The molecule has 0 spiro atoms. The van der Waals surface area contributed by atoms with Gasteiger partial charge in [-0.3, -0.25) is 0 Å². The summed E-state index contributed by atoms with van der Waals surface area (Å²) in [5, 5.41) is 9.67. The fourth-order valence-electron chi connectivity index (χ4n) is 1.58. The topological polar surface area (TPSA) is 55.8 Å². The van der Waals surface area contributed by atoms with E-state index in [1.54, 1.807) is 26.0 Å². The molecule has 1 aromatic carbocycles. The Kier molecular flexibility index (Phi) is 5.12. The lowest BCUT2D eigenvalue weighted by molar-refractivity contribution is -0.134. The Morgan fingerprint density at radius 3 is 2.63 bits per heavy atom. The number of aliphatic hydroxyl groups is 1. The van der Waals surface area contributed by atoms with E-state index in [1.165, 1.54) is 13.2 Å². The zero-order valence-corrected chi connectivity index (χ0v) is 11.8. The highest BCUT2D eigenvalue weighted by atomic mass is 16.6. The second-order valence-electron chi connectivity index (χ2n) is 4.63. The number of methoxy groups -OCH3 is 1. The summed E-state index contributed by atoms with van der Waals surface area (Å²) < 4.78 is 10.00. The highest BCUT2D eigenvalue weighted by Crippen LogP contribution is 2.24. The van der Waals surface area contributed by atoms with E-state index in [4.69, 9.17) is 4.74 Å². The molecule has 4 heteroatoms. The summed E-state index contributed by atoms with van der Waals surface area (Å²) in [4.78, 5) is 11.0. The van der Waals surface area contributed by atoms with Crippen molar-refractivity contribution in [3.8, 4) is 5.75 Å². The van der Waals surface area contributed by atoms with Gasteiger partial charge in [0.2, 0.25) is 5.79 Å². The van der Waals surface area contributed by atoms with E-state index in [0.717, 1.165) is 17.5 Å². The molecule has 1 rings (SSSR count). The first-order valence-electron chi connectivity index (χ1n) is 6.16. The number of carbonyl (C=O) groups is 1. The van der Waals surface area contributed by atoms with Gasteiger partial charge in [-0.05, 0) is 35.8 Å². The maximum Gasteiger partial charge on any atom is 0.330 e. The van der Waals surface area contributed by atoms with Gasteiger partial charge in [-0.25, -0.2) is 4.79 Å². The number of esters is 1. The molecule has 0 saturated heterocycles. The van der Waals surface area contributed by atoms with Gasteiger partial charge in [0.15, 0.2) is 0 Å². The Bertz CT molecular complexity index is 470. The third-order valence-electron chi connectivity index (χ3n) is 2.44. The van der Waals surface area contributed by atoms with Crippen LogP contribution in [0.2, 0.25) is 0 Å². The van der Waals surface area contributed by atoms with E-state index in [2.05, 4.69) is 4.74 Å². The highest BCUT2D eigenvalue weighted by Gasteiger charge is 2.16. The molecule has 19 heavy (non-hydrogen) atoms. The molecule has 0 bridgehead atoms. The quantitative estimate of drug-likeness (QED) is 0.504. The average Bonchev–Trinajstić information content (AvgIpc) is 2.35. The largest absolute Gasteiger partial charge is 0.466 e. The Morgan fingerprint density at radius 2 is 2.11 bits per heavy atom. The summed E-state index contributed by atoms with van der Waals surface area (Å²) >= 11 is 0. The molecule has 1 N–H and O–H groups in total. The molecule has 0 heterocycles. The van der Waals surface area contributed by atoms with Crippen molar-refractivity contribution in [3.63, 3.8) is 0 Å². The lowest BCUT2D eigenvalue weighted by atomic mass is 10.1. The van der Waals surface area contributed by atoms with Crippen molar-refractivity contribution in [3.05, 3.63) is 35.4 Å². The van der Waals surface area contributed by atoms with Crippen molar-refractivity contribution < 1.29 is 19.4 Å². The van der Waals surface area contributed by atoms with Crippen LogP contribution in [0.4, 0.5) is 0 Å². The second-order valence-corrected chi connectivity index (χ2v) is 4.63. The van der Waals surface area contributed by atoms with Crippen LogP contribution in [0.5, 0.6) is 5.75 Å². The number of rotatable bonds is 5. The van der Waals surface area contributed by atoms with E-state index >= 15 is 0 Å². The van der Waals surface area contributed by atoms with Crippen LogP contribution in [0.15, 0.2) is 24.3 Å². The fourth-order valence-corrected chi connectivity index (χ4v) is 1.58. The number of hydrogen-bond acceptors (Lipinski definition) is 4. The van der Waals surface area contributed by atoms with Crippen LogP contribution in [0, 0.1) is 0 Å². The molecule has 1 aromatic rings. The van der Waals surface area contributed by atoms with Crippen molar-refractivity contribution in [2.75, 3.05) is 7.11 Å². The molecule has 0 unspecified atom stereocenters. The standard InChI is InChI=1S/C15H20O4/c1-5-12-10-11(7-9-14(16)18-4)6-8-13(12)19-15(2,3)17/h6-10,17H,5H2,1-4H3/b9-7-. The number of ether oxygens (including phenoxy) is 2. The molecule has 0 aromatic heterocycles. The van der Waals surface area contributed by atoms with Crippen LogP contribution in [0.1, 0.15) is 31.9 Å². The minimum absolute atomic E-state index is 0.394. The first-order chi connectivity index (χ1) is 8.85. The number of carbonyl (C=O) groups excluding carboxylic acids is 1. The maximum atomic E-state index is 11.0. The first-order valence-corrected chi connectivity index (χ1v) is 6.16. The van der Waals surface area contributed by atoms with Gasteiger partial charge in [-0.2, -0.15) is 0 Å². The van der Waals surface area contributed by atoms with E-state index in [9.17, 15) is 9.90 Å². The third kappa shape index (κ3) is 5.14. The van der Waals surface area contributed by atoms with Gasteiger partial charge < -0.3 is 14.6 Å². The van der Waals surface area contributed by atoms with E-state index in [1.807, 2.05) is 19.1 Å². The van der Waals surface area contributed by atoms with Crippen molar-refractivity contribution in [2.24, 2.45) is 0 Å². The van der Waals surface area contributed by atoms with Gasteiger partial charge in [0.05, 0.1) is 7.11 Å². The molecule has 0 saturated carbocycles. The Labute approximate surface area is 113 Å². The maximum absolute atomic E-state index is 11.0. The van der Waals surface area contributed by atoms with Gasteiger partial charge in [0.1, 0.15) is 5.75 Å². The summed E-state index contributed by atoms with van der Waals surface area (Å²) in [7, 11) is 1.34. The molecule has 4 nitrogen and oxygen atoms in total. The monoisotopic (exact) mass is 264 g/mol. The van der Waals surface area contributed by atoms with Crippen molar-refractivity contribution >= 4 is 12.0 Å².